The average molecular weight is 337 g/mol. The van der Waals surface area contributed by atoms with E-state index in [2.05, 4.69) is 39.7 Å². The Bertz CT molecular complexity index is 550. The zero-order valence-corrected chi connectivity index (χ0v) is 11.5. The molecule has 86 valence electrons. The summed E-state index contributed by atoms with van der Waals surface area (Å²) >= 11 is 2.13. The Labute approximate surface area is 114 Å². The zero-order chi connectivity index (χ0) is 12.3. The van der Waals surface area contributed by atoms with Crippen LogP contribution in [0.15, 0.2) is 47.5 Å². The molecule has 0 spiro atoms. The Morgan fingerprint density at radius 2 is 1.82 bits per heavy atom. The fraction of sp³-hybridized carbons (Fsp3) is 0.0714. The third-order valence-corrected chi connectivity index (χ3v) is 3.29. The van der Waals surface area contributed by atoms with Gasteiger partial charge in [0.15, 0.2) is 0 Å². The fourth-order valence-electron chi connectivity index (χ4n) is 1.66. The van der Waals surface area contributed by atoms with Gasteiger partial charge in [-0.15, -0.1) is 0 Å². The zero-order valence-electron chi connectivity index (χ0n) is 9.39. The highest BCUT2D eigenvalue weighted by Gasteiger charge is 2.07. The number of nitrogens with zero attached hydrogens (tertiary/aromatic N) is 1. The summed E-state index contributed by atoms with van der Waals surface area (Å²) in [6.45, 7) is 0. The molecule has 0 unspecified atom stereocenters. The summed E-state index contributed by atoms with van der Waals surface area (Å²) in [5.74, 6) is 0.288. The lowest BCUT2D eigenvalue weighted by Crippen LogP contribution is -1.88. The molecule has 0 fully saturated rings. The number of aliphatic imine (C=N–C) groups is 1. The molecule has 0 aliphatic rings. The third kappa shape index (κ3) is 2.66. The van der Waals surface area contributed by atoms with Crippen molar-refractivity contribution in [2.24, 2.45) is 4.99 Å². The van der Waals surface area contributed by atoms with Crippen LogP contribution in [0.25, 0.3) is 11.1 Å². The standard InChI is InChI=1S/C14H12INO/c1-16-9-12-7-11(8-13(15)14(12)17)10-5-3-2-4-6-10/h2-9,17H,1H3. The summed E-state index contributed by atoms with van der Waals surface area (Å²) in [5.41, 5.74) is 2.97. The van der Waals surface area contributed by atoms with Crippen LogP contribution in [-0.4, -0.2) is 18.4 Å². The molecule has 0 aliphatic heterocycles. The van der Waals surface area contributed by atoms with E-state index in [4.69, 9.17) is 0 Å². The van der Waals surface area contributed by atoms with Crippen molar-refractivity contribution in [3.05, 3.63) is 51.6 Å². The van der Waals surface area contributed by atoms with E-state index in [9.17, 15) is 5.11 Å². The van der Waals surface area contributed by atoms with Gasteiger partial charge >= 0.3 is 0 Å². The lowest BCUT2D eigenvalue weighted by molar-refractivity contribution is 0.470. The number of rotatable bonds is 2. The Balaban J connectivity index is 2.57. The largest absolute Gasteiger partial charge is 0.506 e. The van der Waals surface area contributed by atoms with Gasteiger partial charge in [-0.05, 0) is 45.9 Å². The van der Waals surface area contributed by atoms with Crippen LogP contribution >= 0.6 is 22.6 Å². The topological polar surface area (TPSA) is 32.6 Å². The minimum absolute atomic E-state index is 0.288. The summed E-state index contributed by atoms with van der Waals surface area (Å²) < 4.78 is 0.832. The van der Waals surface area contributed by atoms with Crippen LogP contribution in [0, 0.1) is 3.57 Å². The second kappa shape index (κ2) is 5.31. The molecule has 0 aromatic heterocycles. The smallest absolute Gasteiger partial charge is 0.137 e. The fourth-order valence-corrected chi connectivity index (χ4v) is 2.30. The van der Waals surface area contributed by atoms with Crippen molar-refractivity contribution in [3.8, 4) is 16.9 Å². The molecule has 2 aromatic rings. The van der Waals surface area contributed by atoms with Gasteiger partial charge in [-0.2, -0.15) is 0 Å². The lowest BCUT2D eigenvalue weighted by atomic mass is 10.0. The average Bonchev–Trinajstić information content (AvgIpc) is 2.36. The van der Waals surface area contributed by atoms with E-state index in [1.165, 1.54) is 0 Å². The Kier molecular flexibility index (Phi) is 3.78. The molecule has 2 rings (SSSR count). The van der Waals surface area contributed by atoms with E-state index in [1.54, 1.807) is 13.3 Å². The SMILES string of the molecule is CN=Cc1cc(-c2ccccc2)cc(I)c1O. The van der Waals surface area contributed by atoms with Crippen LogP contribution in [0.5, 0.6) is 5.75 Å². The van der Waals surface area contributed by atoms with Crippen molar-refractivity contribution in [2.75, 3.05) is 7.05 Å². The Morgan fingerprint density at radius 1 is 1.12 bits per heavy atom. The van der Waals surface area contributed by atoms with Crippen LogP contribution in [0.4, 0.5) is 0 Å². The van der Waals surface area contributed by atoms with Gasteiger partial charge in [0.2, 0.25) is 0 Å². The van der Waals surface area contributed by atoms with Crippen molar-refractivity contribution < 1.29 is 5.11 Å². The van der Waals surface area contributed by atoms with Gasteiger partial charge in [-0.3, -0.25) is 4.99 Å². The van der Waals surface area contributed by atoms with Gasteiger partial charge in [0.05, 0.1) is 3.57 Å². The summed E-state index contributed by atoms with van der Waals surface area (Å²) in [4.78, 5) is 3.95. The van der Waals surface area contributed by atoms with Crippen LogP contribution in [0.2, 0.25) is 0 Å². The molecule has 0 saturated heterocycles. The molecule has 2 aromatic carbocycles. The van der Waals surface area contributed by atoms with Crippen molar-refractivity contribution in [1.29, 1.82) is 0 Å². The molecule has 0 radical (unpaired) electrons. The molecule has 3 heteroatoms. The first-order valence-corrected chi connectivity index (χ1v) is 6.30. The number of hydrogen-bond donors (Lipinski definition) is 1. The Morgan fingerprint density at radius 3 is 2.47 bits per heavy atom. The normalized spacial score (nSPS) is 10.9. The minimum atomic E-state index is 0.288. The molecule has 0 aliphatic carbocycles. The van der Waals surface area contributed by atoms with E-state index >= 15 is 0 Å². The molecule has 1 N–H and O–H groups in total. The first-order valence-electron chi connectivity index (χ1n) is 5.22. The molecule has 0 amide bonds. The van der Waals surface area contributed by atoms with Crippen LogP contribution in [0.3, 0.4) is 0 Å². The minimum Gasteiger partial charge on any atom is -0.506 e. The highest BCUT2D eigenvalue weighted by molar-refractivity contribution is 14.1. The van der Waals surface area contributed by atoms with Crippen molar-refractivity contribution in [3.63, 3.8) is 0 Å². The van der Waals surface area contributed by atoms with Crippen molar-refractivity contribution in [1.82, 2.24) is 0 Å². The van der Waals surface area contributed by atoms with Crippen molar-refractivity contribution in [2.45, 2.75) is 0 Å². The molecule has 0 saturated carbocycles. The van der Waals surface area contributed by atoms with Gasteiger partial charge in [-0.25, -0.2) is 0 Å². The lowest BCUT2D eigenvalue weighted by Gasteiger charge is -2.07. The van der Waals surface area contributed by atoms with Crippen LogP contribution < -0.4 is 0 Å². The number of aromatic hydroxyl groups is 1. The molecular formula is C14H12INO. The first kappa shape index (κ1) is 12.1. The summed E-state index contributed by atoms with van der Waals surface area (Å²) in [5, 5.41) is 9.90. The highest BCUT2D eigenvalue weighted by Crippen LogP contribution is 2.30. The van der Waals surface area contributed by atoms with E-state index in [0.29, 0.717) is 0 Å². The van der Waals surface area contributed by atoms with E-state index in [-0.39, 0.29) is 5.75 Å². The quantitative estimate of drug-likeness (QED) is 0.658. The number of phenols is 1. The molecule has 2 nitrogen and oxygen atoms in total. The predicted octanol–water partition coefficient (Wildman–Crippen LogP) is 3.71. The van der Waals surface area contributed by atoms with Gasteiger partial charge < -0.3 is 5.11 Å². The monoisotopic (exact) mass is 337 g/mol. The summed E-state index contributed by atoms with van der Waals surface area (Å²) in [7, 11) is 1.70. The molecule has 17 heavy (non-hydrogen) atoms. The second-order valence-corrected chi connectivity index (χ2v) is 4.81. The molecule has 0 heterocycles. The highest BCUT2D eigenvalue weighted by atomic mass is 127. The van der Waals surface area contributed by atoms with Crippen molar-refractivity contribution >= 4 is 28.8 Å². The maximum absolute atomic E-state index is 9.90. The summed E-state index contributed by atoms with van der Waals surface area (Å²) in [6, 6.07) is 14.0. The van der Waals surface area contributed by atoms with Crippen LogP contribution in [0.1, 0.15) is 5.56 Å². The predicted molar refractivity (Wildman–Crippen MR) is 79.8 cm³/mol. The second-order valence-electron chi connectivity index (χ2n) is 3.65. The van der Waals surface area contributed by atoms with E-state index < -0.39 is 0 Å². The van der Waals surface area contributed by atoms with Gasteiger partial charge in [-0.1, -0.05) is 30.3 Å². The van der Waals surface area contributed by atoms with Crippen LogP contribution in [-0.2, 0) is 0 Å². The first-order chi connectivity index (χ1) is 8.22. The maximum Gasteiger partial charge on any atom is 0.137 e. The van der Waals surface area contributed by atoms with Gasteiger partial charge in [0.25, 0.3) is 0 Å². The number of benzene rings is 2. The van der Waals surface area contributed by atoms with Gasteiger partial charge in [0.1, 0.15) is 5.75 Å². The molecule has 0 bridgehead atoms. The van der Waals surface area contributed by atoms with Gasteiger partial charge in [0, 0.05) is 18.8 Å². The van der Waals surface area contributed by atoms with E-state index in [0.717, 1.165) is 20.3 Å². The number of hydrogen-bond acceptors (Lipinski definition) is 2. The maximum atomic E-state index is 9.90. The molecule has 0 atom stereocenters. The third-order valence-electron chi connectivity index (χ3n) is 2.47. The Hall–Kier alpha value is -1.36. The summed E-state index contributed by atoms with van der Waals surface area (Å²) in [6.07, 6.45) is 1.67. The molecular weight excluding hydrogens is 325 g/mol. The number of halogens is 1. The number of phenolic OH excluding ortho intramolecular Hbond substituents is 1. The van der Waals surface area contributed by atoms with E-state index in [1.807, 2.05) is 30.3 Å².